The number of hydrogen-bond acceptors (Lipinski definition) is 1. The van der Waals surface area contributed by atoms with E-state index in [9.17, 15) is 8.78 Å². The van der Waals surface area contributed by atoms with Crippen molar-refractivity contribution in [3.05, 3.63) is 212 Å². The van der Waals surface area contributed by atoms with Gasteiger partial charge in [-0.05, 0) is 108 Å². The van der Waals surface area contributed by atoms with Gasteiger partial charge >= 0.3 is 0 Å². The molecule has 0 saturated carbocycles. The molecule has 0 fully saturated rings. The fourth-order valence-electron chi connectivity index (χ4n) is 7.97. The van der Waals surface area contributed by atoms with Crippen LogP contribution in [0.1, 0.15) is 0 Å². The largest absolute Gasteiger partial charge is 0.311 e. The summed E-state index contributed by atoms with van der Waals surface area (Å²) in [6.45, 7) is 0. The molecule has 2 heterocycles. The van der Waals surface area contributed by atoms with Gasteiger partial charge in [0.2, 0.25) is 0 Å². The van der Waals surface area contributed by atoms with Gasteiger partial charge in [-0.2, -0.15) is 0 Å². The van der Waals surface area contributed by atoms with E-state index in [1.165, 1.54) is 29.8 Å². The average molecular weight is 714 g/mol. The summed E-state index contributed by atoms with van der Waals surface area (Å²) in [7, 11) is 0. The third-order valence-corrected chi connectivity index (χ3v) is 10.4. The van der Waals surface area contributed by atoms with Crippen LogP contribution in [0.3, 0.4) is 0 Å². The van der Waals surface area contributed by atoms with E-state index in [0.29, 0.717) is 0 Å². The number of nitrogens with zero attached hydrogens (tertiary/aromatic N) is 3. The van der Waals surface area contributed by atoms with E-state index in [0.717, 1.165) is 78.0 Å². The summed E-state index contributed by atoms with van der Waals surface area (Å²) in [5.41, 5.74) is 12.2. The molecule has 5 heteroatoms. The van der Waals surface area contributed by atoms with Gasteiger partial charge in [0.25, 0.3) is 0 Å². The number of anilines is 3. The van der Waals surface area contributed by atoms with Crippen LogP contribution in [0.2, 0.25) is 0 Å². The molecular weight excluding hydrogens is 681 g/mol. The van der Waals surface area contributed by atoms with E-state index in [1.807, 2.05) is 36.4 Å². The fraction of sp³-hybridized carbons (Fsp3) is 0. The zero-order valence-electron chi connectivity index (χ0n) is 29.7. The Hall–Kier alpha value is -7.24. The third kappa shape index (κ3) is 5.56. The Morgan fingerprint density at radius 2 is 0.855 bits per heavy atom. The number of halogens is 2. The van der Waals surface area contributed by atoms with E-state index in [2.05, 4.69) is 141 Å². The molecule has 0 atom stereocenters. The molecule has 55 heavy (non-hydrogen) atoms. The highest BCUT2D eigenvalue weighted by molar-refractivity contribution is 6.24. The highest BCUT2D eigenvalue weighted by Gasteiger charge is 2.24. The lowest BCUT2D eigenvalue weighted by atomic mass is 10.0. The Bertz CT molecular complexity index is 2950. The Kier molecular flexibility index (Phi) is 7.85. The number of rotatable bonds is 7. The van der Waals surface area contributed by atoms with E-state index in [1.54, 1.807) is 12.1 Å². The first kappa shape index (κ1) is 32.4. The summed E-state index contributed by atoms with van der Waals surface area (Å²) in [4.78, 5) is 2.27. The number of hydrogen-bond donors (Lipinski definition) is 0. The normalized spacial score (nSPS) is 11.5. The molecule has 2 aromatic heterocycles. The van der Waals surface area contributed by atoms with Crippen LogP contribution in [-0.4, -0.2) is 9.13 Å². The molecule has 0 aliphatic heterocycles. The molecule has 3 nitrogen and oxygen atoms in total. The van der Waals surface area contributed by atoms with Crippen LogP contribution < -0.4 is 4.90 Å². The molecule has 8 aromatic carbocycles. The van der Waals surface area contributed by atoms with Crippen molar-refractivity contribution >= 4 is 49.9 Å². The monoisotopic (exact) mass is 713 g/mol. The zero-order chi connectivity index (χ0) is 36.9. The van der Waals surface area contributed by atoms with Crippen molar-refractivity contribution in [3.8, 4) is 33.6 Å². The second-order valence-electron chi connectivity index (χ2n) is 13.7. The molecule has 0 aliphatic rings. The van der Waals surface area contributed by atoms with E-state index in [4.69, 9.17) is 0 Å². The van der Waals surface area contributed by atoms with E-state index < -0.39 is 0 Å². The van der Waals surface area contributed by atoms with Gasteiger partial charge < -0.3 is 4.90 Å². The maximum atomic E-state index is 14.4. The Morgan fingerprint density at radius 3 is 1.49 bits per heavy atom. The lowest BCUT2D eigenvalue weighted by Crippen LogP contribution is -2.09. The van der Waals surface area contributed by atoms with Crippen LogP contribution in [0.15, 0.2) is 200 Å². The molecular formula is C50H33F2N3. The van der Waals surface area contributed by atoms with Gasteiger partial charge in [0, 0.05) is 50.2 Å². The van der Waals surface area contributed by atoms with Crippen molar-refractivity contribution in [3.63, 3.8) is 0 Å². The van der Waals surface area contributed by atoms with Crippen LogP contribution in [-0.2, 0) is 0 Å². The molecule has 0 saturated heterocycles. The average Bonchev–Trinajstić information content (AvgIpc) is 3.76. The second kappa shape index (κ2) is 13.3. The standard InChI is InChI=1S/C50H33F2N3/c51-37-22-30-42(31-23-37)54-47-17-8-7-14-45(47)48-46-16-9-15-44(49(46)55(50(48)54)43-32-24-38(52)25-33-43)36-20-28-41(29-21-36)53(39-12-5-2-6-13-39)40-26-18-35(19-27-40)34-10-3-1-4-11-34/h1-33H. The van der Waals surface area contributed by atoms with E-state index >= 15 is 0 Å². The third-order valence-electron chi connectivity index (χ3n) is 10.4. The smallest absolute Gasteiger partial charge is 0.131 e. The van der Waals surface area contributed by atoms with Crippen LogP contribution in [0.25, 0.3) is 66.5 Å². The van der Waals surface area contributed by atoms with Gasteiger partial charge in [0.1, 0.15) is 17.3 Å². The molecule has 0 bridgehead atoms. The summed E-state index contributed by atoms with van der Waals surface area (Å²) in [6, 6.07) is 66.2. The van der Waals surface area contributed by atoms with Crippen LogP contribution in [0.5, 0.6) is 0 Å². The van der Waals surface area contributed by atoms with Gasteiger partial charge in [0.15, 0.2) is 0 Å². The predicted molar refractivity (Wildman–Crippen MR) is 223 cm³/mol. The quantitative estimate of drug-likeness (QED) is 0.160. The van der Waals surface area contributed by atoms with Crippen molar-refractivity contribution in [2.24, 2.45) is 0 Å². The summed E-state index contributed by atoms with van der Waals surface area (Å²) in [5.74, 6) is -0.597. The number of para-hydroxylation sites is 3. The minimum absolute atomic E-state index is 0.295. The summed E-state index contributed by atoms with van der Waals surface area (Å²) in [6.07, 6.45) is 0. The Balaban J connectivity index is 1.17. The molecule has 0 aliphatic carbocycles. The van der Waals surface area contributed by atoms with Gasteiger partial charge in [-0.15, -0.1) is 0 Å². The summed E-state index contributed by atoms with van der Waals surface area (Å²) < 4.78 is 33.1. The first-order valence-electron chi connectivity index (χ1n) is 18.3. The summed E-state index contributed by atoms with van der Waals surface area (Å²) >= 11 is 0. The number of benzene rings is 8. The van der Waals surface area contributed by atoms with Crippen LogP contribution in [0.4, 0.5) is 25.8 Å². The molecule has 10 rings (SSSR count). The van der Waals surface area contributed by atoms with Crippen molar-refractivity contribution in [2.75, 3.05) is 4.90 Å². The highest BCUT2D eigenvalue weighted by Crippen LogP contribution is 2.44. The molecule has 0 radical (unpaired) electrons. The minimum Gasteiger partial charge on any atom is -0.311 e. The first-order valence-corrected chi connectivity index (χ1v) is 18.3. The molecule has 262 valence electrons. The zero-order valence-corrected chi connectivity index (χ0v) is 29.7. The fourth-order valence-corrected chi connectivity index (χ4v) is 7.97. The highest BCUT2D eigenvalue weighted by atomic mass is 19.1. The Morgan fingerprint density at radius 1 is 0.364 bits per heavy atom. The number of fused-ring (bicyclic) bond motifs is 5. The van der Waals surface area contributed by atoms with Crippen LogP contribution >= 0.6 is 0 Å². The summed E-state index contributed by atoms with van der Waals surface area (Å²) in [5, 5.41) is 3.23. The van der Waals surface area contributed by atoms with Crippen molar-refractivity contribution in [1.82, 2.24) is 9.13 Å². The van der Waals surface area contributed by atoms with Gasteiger partial charge in [-0.3, -0.25) is 9.13 Å². The molecule has 10 aromatic rings. The second-order valence-corrected chi connectivity index (χ2v) is 13.7. The topological polar surface area (TPSA) is 13.1 Å². The Labute approximate surface area is 317 Å². The predicted octanol–water partition coefficient (Wildman–Crippen LogP) is 13.8. The lowest BCUT2D eigenvalue weighted by Gasteiger charge is -2.26. The molecule has 0 spiro atoms. The SMILES string of the molecule is Fc1ccc(-n2c3ccccc3c3c4cccc(-c5ccc(N(c6ccccc6)c6ccc(-c7ccccc7)cc6)cc5)c4n(-c4ccc(F)cc4)c32)cc1. The van der Waals surface area contributed by atoms with Crippen molar-refractivity contribution in [1.29, 1.82) is 0 Å². The minimum atomic E-state index is -0.302. The van der Waals surface area contributed by atoms with Gasteiger partial charge in [-0.25, -0.2) is 8.78 Å². The van der Waals surface area contributed by atoms with Gasteiger partial charge in [-0.1, -0.05) is 109 Å². The molecule has 0 N–H and O–H groups in total. The van der Waals surface area contributed by atoms with E-state index in [-0.39, 0.29) is 11.6 Å². The first-order chi connectivity index (χ1) is 27.1. The number of aromatic nitrogens is 2. The van der Waals surface area contributed by atoms with Crippen LogP contribution in [0, 0.1) is 11.6 Å². The van der Waals surface area contributed by atoms with Gasteiger partial charge in [0.05, 0.1) is 11.0 Å². The molecule has 0 unspecified atom stereocenters. The molecule has 0 amide bonds. The van der Waals surface area contributed by atoms with Crippen molar-refractivity contribution in [2.45, 2.75) is 0 Å². The maximum Gasteiger partial charge on any atom is 0.131 e. The van der Waals surface area contributed by atoms with Crippen molar-refractivity contribution < 1.29 is 8.78 Å². The maximum absolute atomic E-state index is 14.4. The lowest BCUT2D eigenvalue weighted by molar-refractivity contribution is 0.627.